The largest absolute Gasteiger partial charge is 0.342 e. The second kappa shape index (κ2) is 7.57. The minimum absolute atomic E-state index is 0.0298. The number of hydrogen-bond acceptors (Lipinski definition) is 4. The van der Waals surface area contributed by atoms with Crippen LogP contribution in [0, 0.1) is 0 Å². The van der Waals surface area contributed by atoms with Gasteiger partial charge in [-0.2, -0.15) is 0 Å². The first-order chi connectivity index (χ1) is 14.6. The van der Waals surface area contributed by atoms with Crippen LogP contribution < -0.4 is 5.56 Å². The number of aromatic nitrogens is 3. The molecule has 0 bridgehead atoms. The smallest absolute Gasteiger partial charge is 0.280 e. The van der Waals surface area contributed by atoms with Crippen LogP contribution in [0.1, 0.15) is 29.2 Å². The van der Waals surface area contributed by atoms with E-state index in [1.54, 1.807) is 42.9 Å². The van der Waals surface area contributed by atoms with Crippen molar-refractivity contribution in [2.24, 2.45) is 4.99 Å². The molecular weight excluding hydrogens is 402 g/mol. The number of amides is 1. The molecule has 3 aromatic rings. The monoisotopic (exact) mass is 421 g/mol. The lowest BCUT2D eigenvalue weighted by molar-refractivity contribution is -0.131. The summed E-state index contributed by atoms with van der Waals surface area (Å²) >= 11 is 5.97. The lowest BCUT2D eigenvalue weighted by Gasteiger charge is -2.38. The Morgan fingerprint density at radius 1 is 1.23 bits per heavy atom. The maximum atomic E-state index is 13.0. The highest BCUT2D eigenvalue weighted by Gasteiger charge is 2.37. The summed E-state index contributed by atoms with van der Waals surface area (Å²) in [7, 11) is 0. The van der Waals surface area contributed by atoms with Crippen LogP contribution in [0.5, 0.6) is 0 Å². The lowest BCUT2D eigenvalue weighted by Crippen LogP contribution is -2.46. The number of halogens is 1. The first-order valence-corrected chi connectivity index (χ1v) is 10.3. The molecule has 2 atom stereocenters. The fourth-order valence-electron chi connectivity index (χ4n) is 4.23. The zero-order valence-electron chi connectivity index (χ0n) is 16.2. The van der Waals surface area contributed by atoms with E-state index in [9.17, 15) is 9.59 Å². The lowest BCUT2D eigenvalue weighted by atomic mass is 9.86. The highest BCUT2D eigenvalue weighted by Crippen LogP contribution is 2.33. The van der Waals surface area contributed by atoms with Gasteiger partial charge in [0.15, 0.2) is 0 Å². The van der Waals surface area contributed by atoms with Crippen LogP contribution in [0.25, 0.3) is 5.69 Å². The van der Waals surface area contributed by atoms with Crippen LogP contribution in [0.3, 0.4) is 0 Å². The summed E-state index contributed by atoms with van der Waals surface area (Å²) in [6.45, 7) is 1.20. The van der Waals surface area contributed by atoms with Crippen molar-refractivity contribution in [2.45, 2.75) is 24.8 Å². The fourth-order valence-corrected chi connectivity index (χ4v) is 4.36. The van der Waals surface area contributed by atoms with Gasteiger partial charge >= 0.3 is 0 Å². The first kappa shape index (κ1) is 18.8. The molecule has 30 heavy (non-hydrogen) atoms. The molecule has 152 valence electrons. The van der Waals surface area contributed by atoms with E-state index < -0.39 is 0 Å². The van der Waals surface area contributed by atoms with E-state index in [0.717, 1.165) is 17.7 Å². The summed E-state index contributed by atoms with van der Waals surface area (Å²) in [5, 5.41) is 3.88. The minimum Gasteiger partial charge on any atom is -0.342 e. The van der Waals surface area contributed by atoms with E-state index in [4.69, 9.17) is 11.6 Å². The Balaban J connectivity index is 1.42. The number of nitrogens with zero attached hydrogens (tertiary/aromatic N) is 4. The molecule has 0 saturated carbocycles. The van der Waals surface area contributed by atoms with E-state index in [1.165, 1.54) is 4.68 Å². The summed E-state index contributed by atoms with van der Waals surface area (Å²) in [4.78, 5) is 36.4. The number of carbonyl (C=O) groups is 1. The van der Waals surface area contributed by atoms with Crippen molar-refractivity contribution in [3.63, 3.8) is 0 Å². The third-order valence-electron chi connectivity index (χ3n) is 5.81. The number of fused-ring (bicyclic) bond motifs is 3. The molecule has 1 aromatic carbocycles. The van der Waals surface area contributed by atoms with Crippen LogP contribution in [-0.4, -0.2) is 50.9 Å². The van der Waals surface area contributed by atoms with E-state index in [-0.39, 0.29) is 23.4 Å². The number of likely N-dealkylation sites (tertiary alicyclic amines) is 1. The zero-order valence-corrected chi connectivity index (χ0v) is 16.9. The van der Waals surface area contributed by atoms with Gasteiger partial charge in [0, 0.05) is 42.6 Å². The Morgan fingerprint density at radius 2 is 2.07 bits per heavy atom. The number of nitrogens with one attached hydrogen (secondary N) is 1. The molecule has 4 heterocycles. The molecule has 1 amide bonds. The number of carbonyl (C=O) groups excluding carboxylic acids is 1. The molecule has 1 saturated heterocycles. The Hall–Kier alpha value is -3.19. The molecule has 0 radical (unpaired) electrons. The third-order valence-corrected chi connectivity index (χ3v) is 6.07. The van der Waals surface area contributed by atoms with Crippen LogP contribution in [0.4, 0.5) is 0 Å². The molecule has 2 aromatic heterocycles. The molecule has 0 spiro atoms. The Morgan fingerprint density at radius 3 is 2.83 bits per heavy atom. The van der Waals surface area contributed by atoms with Crippen LogP contribution in [-0.2, 0) is 11.2 Å². The summed E-state index contributed by atoms with van der Waals surface area (Å²) in [6, 6.07) is 10.9. The summed E-state index contributed by atoms with van der Waals surface area (Å²) in [6.07, 6.45) is 6.19. The van der Waals surface area contributed by atoms with Gasteiger partial charge in [-0.3, -0.25) is 24.7 Å². The predicted molar refractivity (Wildman–Crippen MR) is 115 cm³/mol. The van der Waals surface area contributed by atoms with Crippen molar-refractivity contribution >= 4 is 23.7 Å². The van der Waals surface area contributed by atoms with Crippen LogP contribution in [0.2, 0.25) is 5.02 Å². The normalized spacial score (nSPS) is 20.0. The quantitative estimate of drug-likeness (QED) is 0.705. The number of benzene rings is 1. The van der Waals surface area contributed by atoms with Crippen molar-refractivity contribution < 1.29 is 4.79 Å². The van der Waals surface area contributed by atoms with E-state index in [2.05, 4.69) is 15.1 Å². The van der Waals surface area contributed by atoms with E-state index in [0.29, 0.717) is 35.8 Å². The van der Waals surface area contributed by atoms with Gasteiger partial charge < -0.3 is 4.90 Å². The number of piperidine rings is 1. The van der Waals surface area contributed by atoms with Gasteiger partial charge in [0.2, 0.25) is 5.91 Å². The molecule has 1 N–H and O–H groups in total. The molecule has 8 heteroatoms. The Labute approximate surface area is 178 Å². The summed E-state index contributed by atoms with van der Waals surface area (Å²) in [5.41, 5.74) is 2.87. The van der Waals surface area contributed by atoms with Crippen molar-refractivity contribution in [1.29, 1.82) is 0 Å². The van der Waals surface area contributed by atoms with Gasteiger partial charge in [0.1, 0.15) is 0 Å². The first-order valence-electron chi connectivity index (χ1n) is 9.91. The highest BCUT2D eigenvalue weighted by molar-refractivity contribution is 6.30. The predicted octanol–water partition coefficient (Wildman–Crippen LogP) is 2.57. The summed E-state index contributed by atoms with van der Waals surface area (Å²) < 4.78 is 1.52. The average molecular weight is 422 g/mol. The standard InChI is InChI=1S/C22H20ClN5O2/c23-15-3-5-16(6-4-15)28-22(30)17-12-25-19-7-9-27(13-18(19)21(17)26-28)20(29)10-14-2-1-8-24-11-14/h1-6,8,11-12,18-19,26H,7,9-10,13H2. The molecule has 2 unspecified atom stereocenters. The van der Waals surface area contributed by atoms with E-state index in [1.807, 2.05) is 17.0 Å². The number of hydrogen-bond donors (Lipinski definition) is 1. The van der Waals surface area contributed by atoms with Crippen molar-refractivity contribution in [2.75, 3.05) is 13.1 Å². The van der Waals surface area contributed by atoms with Gasteiger partial charge in [-0.1, -0.05) is 17.7 Å². The minimum atomic E-state index is -0.145. The van der Waals surface area contributed by atoms with E-state index >= 15 is 0 Å². The molecule has 5 rings (SSSR count). The van der Waals surface area contributed by atoms with Gasteiger partial charge in [-0.05, 0) is 42.3 Å². The molecule has 2 aliphatic heterocycles. The molecule has 0 aliphatic carbocycles. The topological polar surface area (TPSA) is 83.3 Å². The second-order valence-corrected chi connectivity index (χ2v) is 8.11. The van der Waals surface area contributed by atoms with Gasteiger partial charge in [-0.15, -0.1) is 0 Å². The Bertz CT molecular complexity index is 1170. The maximum absolute atomic E-state index is 13.0. The van der Waals surface area contributed by atoms with Gasteiger partial charge in [0.05, 0.1) is 29.4 Å². The van der Waals surface area contributed by atoms with Crippen LogP contribution in [0.15, 0.2) is 58.6 Å². The zero-order chi connectivity index (χ0) is 20.7. The number of rotatable bonds is 3. The van der Waals surface area contributed by atoms with Crippen LogP contribution >= 0.6 is 11.6 Å². The number of aromatic amines is 1. The fraction of sp³-hybridized carbons (Fsp3) is 0.273. The Kier molecular flexibility index (Phi) is 4.75. The van der Waals surface area contributed by atoms with Crippen molar-refractivity contribution in [3.8, 4) is 5.69 Å². The van der Waals surface area contributed by atoms with Gasteiger partial charge in [-0.25, -0.2) is 4.68 Å². The molecule has 7 nitrogen and oxygen atoms in total. The molecule has 2 aliphatic rings. The summed E-state index contributed by atoms with van der Waals surface area (Å²) in [5.74, 6) is 0.0369. The third kappa shape index (κ3) is 3.35. The second-order valence-electron chi connectivity index (χ2n) is 7.67. The van der Waals surface area contributed by atoms with Crippen molar-refractivity contribution in [1.82, 2.24) is 19.7 Å². The highest BCUT2D eigenvalue weighted by atomic mass is 35.5. The number of aliphatic imine (C=N–C) groups is 1. The molecule has 1 fully saturated rings. The SMILES string of the molecule is O=C(Cc1cccnc1)N1CCC2N=Cc3c([nH]n(-c4ccc(Cl)cc4)c3=O)C2C1. The van der Waals surface area contributed by atoms with Crippen molar-refractivity contribution in [3.05, 3.63) is 81.0 Å². The number of H-pyrrole nitrogens is 1. The maximum Gasteiger partial charge on any atom is 0.280 e. The average Bonchev–Trinajstić information content (AvgIpc) is 3.11. The molecular formula is C22H20ClN5O2. The number of pyridine rings is 1. The van der Waals surface area contributed by atoms with Gasteiger partial charge in [0.25, 0.3) is 5.56 Å².